The molecule has 0 spiro atoms. The summed E-state index contributed by atoms with van der Waals surface area (Å²) in [5, 5.41) is 0. The third-order valence-corrected chi connectivity index (χ3v) is 1.95. The summed E-state index contributed by atoms with van der Waals surface area (Å²) in [5.41, 5.74) is 5.31. The minimum Gasteiger partial charge on any atom is -0.465 e. The van der Waals surface area contributed by atoms with Crippen molar-refractivity contribution in [3.05, 3.63) is 12.7 Å². The lowest BCUT2D eigenvalue weighted by Crippen LogP contribution is -2.23. The van der Waals surface area contributed by atoms with Gasteiger partial charge in [0.2, 0.25) is 0 Å². The van der Waals surface area contributed by atoms with Gasteiger partial charge in [-0.15, -0.1) is 0 Å². The molecule has 92 valence electrons. The summed E-state index contributed by atoms with van der Waals surface area (Å²) < 4.78 is 9.70. The highest BCUT2D eigenvalue weighted by Gasteiger charge is 2.11. The first-order valence-corrected chi connectivity index (χ1v) is 5.27. The zero-order valence-electron chi connectivity index (χ0n) is 9.61. The molecule has 0 aromatic carbocycles. The Hall–Kier alpha value is -1.36. The van der Waals surface area contributed by atoms with Crippen molar-refractivity contribution in [1.29, 1.82) is 0 Å². The van der Waals surface area contributed by atoms with Crippen molar-refractivity contribution in [2.24, 2.45) is 11.7 Å². The van der Waals surface area contributed by atoms with Gasteiger partial charge in [0, 0.05) is 12.6 Å². The molecule has 0 heterocycles. The molecule has 5 nitrogen and oxygen atoms in total. The lowest BCUT2D eigenvalue weighted by atomic mass is 10.2. The van der Waals surface area contributed by atoms with Gasteiger partial charge in [0.1, 0.15) is 0 Å². The van der Waals surface area contributed by atoms with Gasteiger partial charge in [0.25, 0.3) is 0 Å². The van der Waals surface area contributed by atoms with E-state index in [9.17, 15) is 9.59 Å². The van der Waals surface area contributed by atoms with Crippen LogP contribution in [0, 0.1) is 5.92 Å². The number of esters is 2. The zero-order valence-corrected chi connectivity index (χ0v) is 9.61. The molecule has 0 aromatic heterocycles. The number of carbonyl (C=O) groups excluding carboxylic acids is 2. The van der Waals surface area contributed by atoms with E-state index in [0.29, 0.717) is 26.1 Å². The Balaban J connectivity index is 3.37. The number of unbranched alkanes of at least 4 members (excludes halogenated alkanes) is 1. The van der Waals surface area contributed by atoms with Gasteiger partial charge in [-0.1, -0.05) is 13.5 Å². The lowest BCUT2D eigenvalue weighted by molar-refractivity contribution is -0.148. The lowest BCUT2D eigenvalue weighted by Gasteiger charge is -2.08. The fourth-order valence-electron chi connectivity index (χ4n) is 0.847. The first kappa shape index (κ1) is 14.6. The summed E-state index contributed by atoms with van der Waals surface area (Å²) >= 11 is 0. The first-order valence-electron chi connectivity index (χ1n) is 5.27. The number of hydrogen-bond donors (Lipinski definition) is 1. The van der Waals surface area contributed by atoms with E-state index in [1.54, 1.807) is 6.92 Å². The van der Waals surface area contributed by atoms with Gasteiger partial charge in [-0.2, -0.15) is 0 Å². The number of nitrogens with two attached hydrogens (primary N) is 1. The van der Waals surface area contributed by atoms with Gasteiger partial charge in [0.15, 0.2) is 0 Å². The molecule has 0 aliphatic rings. The van der Waals surface area contributed by atoms with Crippen LogP contribution in [-0.2, 0) is 19.1 Å². The maximum absolute atomic E-state index is 11.2. The van der Waals surface area contributed by atoms with Crippen molar-refractivity contribution in [2.75, 3.05) is 19.8 Å². The molecule has 1 unspecified atom stereocenters. The molecular weight excluding hydrogens is 210 g/mol. The van der Waals surface area contributed by atoms with Gasteiger partial charge in [0.05, 0.1) is 19.1 Å². The Bertz CT molecular complexity index is 240. The molecule has 16 heavy (non-hydrogen) atoms. The molecule has 0 aliphatic carbocycles. The molecule has 2 N–H and O–H groups in total. The van der Waals surface area contributed by atoms with Crippen LogP contribution in [0.15, 0.2) is 12.7 Å². The second kappa shape index (κ2) is 8.91. The molecule has 0 bridgehead atoms. The van der Waals surface area contributed by atoms with Crippen LogP contribution in [0.4, 0.5) is 0 Å². The van der Waals surface area contributed by atoms with Gasteiger partial charge in [-0.25, -0.2) is 4.79 Å². The summed E-state index contributed by atoms with van der Waals surface area (Å²) in [6.07, 6.45) is 2.43. The molecule has 0 saturated carbocycles. The zero-order chi connectivity index (χ0) is 12.4. The fraction of sp³-hybridized carbons (Fsp3) is 0.636. The minimum absolute atomic E-state index is 0.265. The molecule has 1 atom stereocenters. The van der Waals surface area contributed by atoms with Crippen LogP contribution in [0.25, 0.3) is 0 Å². The number of carbonyl (C=O) groups is 2. The molecule has 0 rings (SSSR count). The Morgan fingerprint density at radius 3 is 2.38 bits per heavy atom. The van der Waals surface area contributed by atoms with Gasteiger partial charge < -0.3 is 15.2 Å². The van der Waals surface area contributed by atoms with Crippen molar-refractivity contribution in [1.82, 2.24) is 0 Å². The normalized spacial score (nSPS) is 11.6. The van der Waals surface area contributed by atoms with Crippen molar-refractivity contribution >= 4 is 11.9 Å². The van der Waals surface area contributed by atoms with E-state index >= 15 is 0 Å². The molecule has 0 saturated heterocycles. The number of hydrogen-bond acceptors (Lipinski definition) is 5. The Labute approximate surface area is 95.6 Å². The largest absolute Gasteiger partial charge is 0.465 e. The summed E-state index contributed by atoms with van der Waals surface area (Å²) in [6.45, 7) is 5.92. The SMILES string of the molecule is C=CC(=O)OCCCCOC(=O)C(C)CN. The quantitative estimate of drug-likeness (QED) is 0.375. The molecule has 0 fully saturated rings. The fourth-order valence-corrected chi connectivity index (χ4v) is 0.847. The van der Waals surface area contributed by atoms with Crippen molar-refractivity contribution in [3.63, 3.8) is 0 Å². The van der Waals surface area contributed by atoms with Gasteiger partial charge in [-0.3, -0.25) is 4.79 Å². The van der Waals surface area contributed by atoms with E-state index in [2.05, 4.69) is 6.58 Å². The Morgan fingerprint density at radius 1 is 1.31 bits per heavy atom. The predicted molar refractivity (Wildman–Crippen MR) is 59.6 cm³/mol. The smallest absolute Gasteiger partial charge is 0.330 e. The van der Waals surface area contributed by atoms with E-state index < -0.39 is 5.97 Å². The van der Waals surface area contributed by atoms with Crippen molar-refractivity contribution in [3.8, 4) is 0 Å². The Kier molecular flexibility index (Phi) is 8.15. The maximum atomic E-state index is 11.2. The third kappa shape index (κ3) is 7.00. The van der Waals surface area contributed by atoms with E-state index in [1.165, 1.54) is 0 Å². The van der Waals surface area contributed by atoms with Crippen LogP contribution in [0.2, 0.25) is 0 Å². The van der Waals surface area contributed by atoms with E-state index in [4.69, 9.17) is 15.2 Å². The van der Waals surface area contributed by atoms with Crippen LogP contribution in [-0.4, -0.2) is 31.7 Å². The van der Waals surface area contributed by atoms with Crippen molar-refractivity contribution < 1.29 is 19.1 Å². The first-order chi connectivity index (χ1) is 7.61. The average Bonchev–Trinajstić information content (AvgIpc) is 2.31. The van der Waals surface area contributed by atoms with Crippen molar-refractivity contribution in [2.45, 2.75) is 19.8 Å². The monoisotopic (exact) mass is 229 g/mol. The summed E-state index contributed by atoms with van der Waals surface area (Å²) in [4.78, 5) is 21.8. The van der Waals surface area contributed by atoms with E-state index in [-0.39, 0.29) is 18.4 Å². The standard InChI is InChI=1S/C11H19NO4/c1-3-10(13)15-6-4-5-7-16-11(14)9(2)8-12/h3,9H,1,4-8,12H2,2H3. The van der Waals surface area contributed by atoms with E-state index in [1.807, 2.05) is 0 Å². The molecule has 5 heteroatoms. The average molecular weight is 229 g/mol. The predicted octanol–water partition coefficient (Wildman–Crippen LogP) is 0.634. The van der Waals surface area contributed by atoms with Crippen LogP contribution in [0.1, 0.15) is 19.8 Å². The Morgan fingerprint density at radius 2 is 1.88 bits per heavy atom. The van der Waals surface area contributed by atoms with Crippen LogP contribution in [0.3, 0.4) is 0 Å². The summed E-state index contributed by atoms with van der Waals surface area (Å²) in [7, 11) is 0. The van der Waals surface area contributed by atoms with Crippen LogP contribution >= 0.6 is 0 Å². The molecule has 0 aromatic rings. The molecule has 0 radical (unpaired) electrons. The third-order valence-electron chi connectivity index (χ3n) is 1.95. The highest BCUT2D eigenvalue weighted by molar-refractivity contribution is 5.81. The highest BCUT2D eigenvalue weighted by Crippen LogP contribution is 1.98. The van der Waals surface area contributed by atoms with Crippen LogP contribution < -0.4 is 5.73 Å². The van der Waals surface area contributed by atoms with Gasteiger partial charge >= 0.3 is 11.9 Å². The highest BCUT2D eigenvalue weighted by atomic mass is 16.5. The van der Waals surface area contributed by atoms with Gasteiger partial charge in [-0.05, 0) is 12.8 Å². The molecule has 0 amide bonds. The van der Waals surface area contributed by atoms with Crippen LogP contribution in [0.5, 0.6) is 0 Å². The number of rotatable bonds is 8. The second-order valence-corrected chi connectivity index (χ2v) is 3.38. The van der Waals surface area contributed by atoms with E-state index in [0.717, 1.165) is 6.08 Å². The number of ether oxygens (including phenoxy) is 2. The summed E-state index contributed by atoms with van der Waals surface area (Å²) in [5.74, 6) is -0.988. The second-order valence-electron chi connectivity index (χ2n) is 3.38. The molecular formula is C11H19NO4. The topological polar surface area (TPSA) is 78.6 Å². The molecule has 0 aliphatic heterocycles. The maximum Gasteiger partial charge on any atom is 0.330 e. The summed E-state index contributed by atoms with van der Waals surface area (Å²) in [6, 6.07) is 0. The minimum atomic E-state index is -0.436.